The molecule has 1 aliphatic rings. The van der Waals surface area contributed by atoms with Crippen LogP contribution < -0.4 is 0 Å². The molecule has 1 aromatic rings. The molecule has 0 saturated carbocycles. The second kappa shape index (κ2) is 2.92. The minimum absolute atomic E-state index is 0.631. The van der Waals surface area contributed by atoms with Gasteiger partial charge in [0.25, 0.3) is 0 Å². The summed E-state index contributed by atoms with van der Waals surface area (Å²) in [6, 6.07) is 0. The van der Waals surface area contributed by atoms with E-state index in [1.165, 1.54) is 30.5 Å². The molecule has 0 spiro atoms. The van der Waals surface area contributed by atoms with Crippen LogP contribution in [0.4, 0.5) is 0 Å². The van der Waals surface area contributed by atoms with Crippen LogP contribution >= 0.6 is 0 Å². The van der Waals surface area contributed by atoms with Gasteiger partial charge in [0.15, 0.2) is 0 Å². The number of rotatable bonds is 1. The monoisotopic (exact) mass is 164 g/mol. The van der Waals surface area contributed by atoms with Gasteiger partial charge in [-0.15, -0.1) is 0 Å². The summed E-state index contributed by atoms with van der Waals surface area (Å²) in [6.07, 6.45) is 5.91. The molecule has 2 nitrogen and oxygen atoms in total. The Kier molecular flexibility index (Phi) is 1.91. The quantitative estimate of drug-likeness (QED) is 0.623. The summed E-state index contributed by atoms with van der Waals surface area (Å²) in [5, 5.41) is 4.39. The van der Waals surface area contributed by atoms with Crippen LogP contribution in [0.15, 0.2) is 6.20 Å². The van der Waals surface area contributed by atoms with Crippen LogP contribution in [0, 0.1) is 0 Å². The predicted octanol–water partition coefficient (Wildman–Crippen LogP) is 2.34. The lowest BCUT2D eigenvalue weighted by molar-refractivity contribution is 0.483. The van der Waals surface area contributed by atoms with Crippen LogP contribution in [-0.2, 0) is 13.0 Å². The molecule has 0 atom stereocenters. The predicted molar refractivity (Wildman–Crippen MR) is 49.3 cm³/mol. The van der Waals surface area contributed by atoms with Gasteiger partial charge in [-0.3, -0.25) is 4.68 Å². The molecule has 0 fully saturated rings. The molecule has 0 aliphatic carbocycles. The van der Waals surface area contributed by atoms with Crippen molar-refractivity contribution in [1.82, 2.24) is 9.78 Å². The average Bonchev–Trinajstić information content (AvgIpc) is 2.47. The van der Waals surface area contributed by atoms with Gasteiger partial charge in [-0.2, -0.15) is 5.10 Å². The molecule has 0 unspecified atom stereocenters. The smallest absolute Gasteiger partial charge is 0.0527 e. The van der Waals surface area contributed by atoms with Crippen molar-refractivity contribution in [3.8, 4) is 0 Å². The molecule has 66 valence electrons. The highest BCUT2D eigenvalue weighted by atomic mass is 15.3. The molecule has 2 heterocycles. The molecule has 0 aromatic carbocycles. The number of aromatic nitrogens is 2. The Morgan fingerprint density at radius 3 is 3.00 bits per heavy atom. The lowest BCUT2D eigenvalue weighted by Crippen LogP contribution is -2.12. The van der Waals surface area contributed by atoms with Crippen molar-refractivity contribution in [2.45, 2.75) is 45.6 Å². The van der Waals surface area contributed by atoms with Gasteiger partial charge in [0.1, 0.15) is 0 Å². The zero-order chi connectivity index (χ0) is 8.55. The normalized spacial score (nSPS) is 16.6. The van der Waals surface area contributed by atoms with Gasteiger partial charge in [0.05, 0.1) is 6.20 Å². The van der Waals surface area contributed by atoms with Gasteiger partial charge in [0.2, 0.25) is 0 Å². The van der Waals surface area contributed by atoms with Gasteiger partial charge >= 0.3 is 0 Å². The fourth-order valence-electron chi connectivity index (χ4n) is 1.93. The molecule has 2 heteroatoms. The minimum Gasteiger partial charge on any atom is -0.269 e. The van der Waals surface area contributed by atoms with Crippen LogP contribution in [-0.4, -0.2) is 9.78 Å². The van der Waals surface area contributed by atoms with Crippen molar-refractivity contribution in [2.24, 2.45) is 0 Å². The molecule has 0 bridgehead atoms. The number of hydrogen-bond acceptors (Lipinski definition) is 1. The summed E-state index contributed by atoms with van der Waals surface area (Å²) in [4.78, 5) is 0. The SMILES string of the molecule is CC(C)c1cnn2c1CCCC2. The summed E-state index contributed by atoms with van der Waals surface area (Å²) < 4.78 is 2.18. The first-order chi connectivity index (χ1) is 5.79. The third-order valence-corrected chi connectivity index (χ3v) is 2.64. The maximum Gasteiger partial charge on any atom is 0.0527 e. The highest BCUT2D eigenvalue weighted by molar-refractivity contribution is 5.22. The topological polar surface area (TPSA) is 17.8 Å². The third-order valence-electron chi connectivity index (χ3n) is 2.64. The Bertz CT molecular complexity index is 273. The summed E-state index contributed by atoms with van der Waals surface area (Å²) in [7, 11) is 0. The van der Waals surface area contributed by atoms with Crippen LogP contribution in [0.3, 0.4) is 0 Å². The van der Waals surface area contributed by atoms with E-state index in [4.69, 9.17) is 0 Å². The van der Waals surface area contributed by atoms with Crippen LogP contribution in [0.5, 0.6) is 0 Å². The Balaban J connectivity index is 2.38. The number of nitrogens with zero attached hydrogens (tertiary/aromatic N) is 2. The molecule has 1 aromatic heterocycles. The summed E-state index contributed by atoms with van der Waals surface area (Å²) in [5.74, 6) is 0.631. The lowest BCUT2D eigenvalue weighted by atomic mass is 9.99. The fourth-order valence-corrected chi connectivity index (χ4v) is 1.93. The number of hydrogen-bond donors (Lipinski definition) is 0. The molecule has 0 N–H and O–H groups in total. The van der Waals surface area contributed by atoms with Gasteiger partial charge in [-0.05, 0) is 30.7 Å². The van der Waals surface area contributed by atoms with E-state index in [9.17, 15) is 0 Å². The molecule has 12 heavy (non-hydrogen) atoms. The van der Waals surface area contributed by atoms with Crippen molar-refractivity contribution < 1.29 is 0 Å². The van der Waals surface area contributed by atoms with E-state index in [0.29, 0.717) is 5.92 Å². The first kappa shape index (κ1) is 7.84. The maximum absolute atomic E-state index is 4.39. The second-order valence-electron chi connectivity index (χ2n) is 3.88. The average molecular weight is 164 g/mol. The zero-order valence-electron chi connectivity index (χ0n) is 7.88. The van der Waals surface area contributed by atoms with E-state index in [-0.39, 0.29) is 0 Å². The van der Waals surface area contributed by atoms with Crippen molar-refractivity contribution in [2.75, 3.05) is 0 Å². The first-order valence-corrected chi connectivity index (χ1v) is 4.83. The van der Waals surface area contributed by atoms with Crippen molar-refractivity contribution >= 4 is 0 Å². The zero-order valence-corrected chi connectivity index (χ0v) is 7.88. The number of aryl methyl sites for hydroxylation is 1. The summed E-state index contributed by atoms with van der Waals surface area (Å²) >= 11 is 0. The van der Waals surface area contributed by atoms with Crippen LogP contribution in [0.1, 0.15) is 43.9 Å². The molecule has 0 radical (unpaired) electrons. The molecular weight excluding hydrogens is 148 g/mol. The van der Waals surface area contributed by atoms with E-state index >= 15 is 0 Å². The highest BCUT2D eigenvalue weighted by Crippen LogP contribution is 2.23. The summed E-state index contributed by atoms with van der Waals surface area (Å²) in [5.41, 5.74) is 2.94. The lowest BCUT2D eigenvalue weighted by Gasteiger charge is -2.15. The second-order valence-corrected chi connectivity index (χ2v) is 3.88. The Labute approximate surface area is 73.6 Å². The third kappa shape index (κ3) is 1.15. The summed E-state index contributed by atoms with van der Waals surface area (Å²) in [6.45, 7) is 5.61. The van der Waals surface area contributed by atoms with E-state index in [1.807, 2.05) is 6.20 Å². The van der Waals surface area contributed by atoms with Gasteiger partial charge in [-0.25, -0.2) is 0 Å². The van der Waals surface area contributed by atoms with Crippen molar-refractivity contribution in [3.63, 3.8) is 0 Å². The molecule has 1 aliphatic heterocycles. The molecule has 2 rings (SSSR count). The van der Waals surface area contributed by atoms with E-state index in [2.05, 4.69) is 23.6 Å². The van der Waals surface area contributed by atoms with E-state index in [0.717, 1.165) is 6.54 Å². The van der Waals surface area contributed by atoms with Crippen LogP contribution in [0.25, 0.3) is 0 Å². The minimum atomic E-state index is 0.631. The van der Waals surface area contributed by atoms with Crippen LogP contribution in [0.2, 0.25) is 0 Å². The Morgan fingerprint density at radius 2 is 2.25 bits per heavy atom. The fraction of sp³-hybridized carbons (Fsp3) is 0.700. The van der Waals surface area contributed by atoms with E-state index in [1.54, 1.807) is 0 Å². The molecule has 0 amide bonds. The maximum atomic E-state index is 4.39. The highest BCUT2D eigenvalue weighted by Gasteiger charge is 2.15. The first-order valence-electron chi connectivity index (χ1n) is 4.83. The van der Waals surface area contributed by atoms with Gasteiger partial charge in [-0.1, -0.05) is 13.8 Å². The molecule has 0 saturated heterocycles. The van der Waals surface area contributed by atoms with Crippen molar-refractivity contribution in [1.29, 1.82) is 0 Å². The van der Waals surface area contributed by atoms with E-state index < -0.39 is 0 Å². The van der Waals surface area contributed by atoms with Crippen molar-refractivity contribution in [3.05, 3.63) is 17.5 Å². The Hall–Kier alpha value is -0.790. The Morgan fingerprint density at radius 1 is 1.42 bits per heavy atom. The standard InChI is InChI=1S/C10H16N2/c1-8(2)9-7-11-12-6-4-3-5-10(9)12/h7-8H,3-6H2,1-2H3. The number of fused-ring (bicyclic) bond motifs is 1. The van der Waals surface area contributed by atoms with Gasteiger partial charge in [0, 0.05) is 12.2 Å². The van der Waals surface area contributed by atoms with Gasteiger partial charge < -0.3 is 0 Å². The molecular formula is C10H16N2. The largest absolute Gasteiger partial charge is 0.269 e.